The van der Waals surface area contributed by atoms with Gasteiger partial charge in [0.15, 0.2) is 4.34 Å². The topological polar surface area (TPSA) is 101 Å². The van der Waals surface area contributed by atoms with Gasteiger partial charge in [0.1, 0.15) is 5.75 Å². The minimum Gasteiger partial charge on any atom is -0.497 e. The van der Waals surface area contributed by atoms with Gasteiger partial charge in [0.05, 0.1) is 12.9 Å². The van der Waals surface area contributed by atoms with Crippen LogP contribution in [0, 0.1) is 0 Å². The predicted octanol–water partition coefficient (Wildman–Crippen LogP) is 1.98. The Bertz CT molecular complexity index is 659. The van der Waals surface area contributed by atoms with Crippen LogP contribution in [-0.4, -0.2) is 40.0 Å². The average molecular weight is 325 g/mol. The highest BCUT2D eigenvalue weighted by Gasteiger charge is 2.12. The Kier molecular flexibility index (Phi) is 5.12. The zero-order valence-electron chi connectivity index (χ0n) is 10.9. The average Bonchev–Trinajstić information content (AvgIpc) is 2.92. The summed E-state index contributed by atoms with van der Waals surface area (Å²) in [5.74, 6) is -0.784. The maximum atomic E-state index is 12.0. The first kappa shape index (κ1) is 15.3. The van der Waals surface area contributed by atoms with Crippen LogP contribution in [0.3, 0.4) is 0 Å². The summed E-state index contributed by atoms with van der Waals surface area (Å²) in [4.78, 5) is 22.5. The van der Waals surface area contributed by atoms with Crippen LogP contribution in [0.2, 0.25) is 0 Å². The minimum atomic E-state index is -0.933. The molecule has 0 aliphatic carbocycles. The number of aromatic nitrogens is 2. The number of benzene rings is 1. The van der Waals surface area contributed by atoms with Crippen molar-refractivity contribution in [3.8, 4) is 5.75 Å². The second-order valence-electron chi connectivity index (χ2n) is 3.74. The van der Waals surface area contributed by atoms with Gasteiger partial charge in [0, 0.05) is 5.56 Å². The molecular weight excluding hydrogens is 314 g/mol. The number of aliphatic carboxylic acids is 1. The highest BCUT2D eigenvalue weighted by atomic mass is 32.2. The summed E-state index contributed by atoms with van der Waals surface area (Å²) in [6.07, 6.45) is 0. The molecule has 0 saturated heterocycles. The molecular formula is C12H11N3O4S2. The molecule has 0 fully saturated rings. The van der Waals surface area contributed by atoms with Crippen molar-refractivity contribution in [1.29, 1.82) is 0 Å². The monoisotopic (exact) mass is 325 g/mol. The molecule has 2 aromatic rings. The van der Waals surface area contributed by atoms with Gasteiger partial charge in [-0.3, -0.25) is 14.9 Å². The third-order valence-electron chi connectivity index (χ3n) is 2.28. The van der Waals surface area contributed by atoms with Crippen LogP contribution >= 0.6 is 23.1 Å². The Morgan fingerprint density at radius 3 is 2.95 bits per heavy atom. The number of hydrogen-bond acceptors (Lipinski definition) is 7. The number of hydrogen-bond donors (Lipinski definition) is 2. The molecule has 0 unspecified atom stereocenters. The first-order valence-electron chi connectivity index (χ1n) is 5.72. The van der Waals surface area contributed by atoms with Crippen LogP contribution in [-0.2, 0) is 4.79 Å². The maximum Gasteiger partial charge on any atom is 0.313 e. The van der Waals surface area contributed by atoms with E-state index in [-0.39, 0.29) is 11.7 Å². The summed E-state index contributed by atoms with van der Waals surface area (Å²) >= 11 is 2.17. The lowest BCUT2D eigenvalue weighted by Crippen LogP contribution is -2.11. The lowest BCUT2D eigenvalue weighted by Gasteiger charge is -2.03. The standard InChI is InChI=1S/C12H11N3O4S2/c1-19-8-4-2-3-7(5-8)10(18)13-11-14-15-12(21-11)20-6-9(16)17/h2-5H,6H2,1H3,(H,16,17)(H,13,14,18). The number of thioether (sulfide) groups is 1. The molecule has 21 heavy (non-hydrogen) atoms. The molecule has 9 heteroatoms. The molecule has 2 rings (SSSR count). The highest BCUT2D eigenvalue weighted by Crippen LogP contribution is 2.25. The molecule has 2 N–H and O–H groups in total. The number of rotatable bonds is 6. The van der Waals surface area contributed by atoms with Gasteiger partial charge in [-0.15, -0.1) is 10.2 Å². The van der Waals surface area contributed by atoms with E-state index in [1.807, 2.05) is 0 Å². The fourth-order valence-corrected chi connectivity index (χ4v) is 2.84. The molecule has 0 spiro atoms. The summed E-state index contributed by atoms with van der Waals surface area (Å²) in [5.41, 5.74) is 0.435. The van der Waals surface area contributed by atoms with Gasteiger partial charge in [0.2, 0.25) is 5.13 Å². The van der Waals surface area contributed by atoms with Crippen LogP contribution in [0.4, 0.5) is 5.13 Å². The molecule has 1 amide bonds. The summed E-state index contributed by atoms with van der Waals surface area (Å²) in [6, 6.07) is 6.71. The number of nitrogens with zero attached hydrogens (tertiary/aromatic N) is 2. The van der Waals surface area contributed by atoms with E-state index in [4.69, 9.17) is 9.84 Å². The van der Waals surface area contributed by atoms with E-state index in [1.54, 1.807) is 24.3 Å². The zero-order valence-corrected chi connectivity index (χ0v) is 12.5. The van der Waals surface area contributed by atoms with Crippen molar-refractivity contribution in [2.45, 2.75) is 4.34 Å². The molecule has 0 saturated carbocycles. The van der Waals surface area contributed by atoms with Gasteiger partial charge in [-0.2, -0.15) is 0 Å². The van der Waals surface area contributed by atoms with E-state index >= 15 is 0 Å². The van der Waals surface area contributed by atoms with Gasteiger partial charge in [0.25, 0.3) is 5.91 Å². The highest BCUT2D eigenvalue weighted by molar-refractivity contribution is 8.01. The molecule has 7 nitrogen and oxygen atoms in total. The van der Waals surface area contributed by atoms with Crippen LogP contribution in [0.1, 0.15) is 10.4 Å². The number of methoxy groups -OCH3 is 1. The largest absolute Gasteiger partial charge is 0.497 e. The second kappa shape index (κ2) is 7.04. The summed E-state index contributed by atoms with van der Waals surface area (Å²) < 4.78 is 5.53. The fourth-order valence-electron chi connectivity index (χ4n) is 1.38. The van der Waals surface area contributed by atoms with Crippen molar-refractivity contribution in [2.75, 3.05) is 18.2 Å². The number of carbonyl (C=O) groups excluding carboxylic acids is 1. The number of amides is 1. The van der Waals surface area contributed by atoms with Gasteiger partial charge in [-0.25, -0.2) is 0 Å². The van der Waals surface area contributed by atoms with Crippen molar-refractivity contribution in [3.63, 3.8) is 0 Å². The summed E-state index contributed by atoms with van der Waals surface area (Å²) in [7, 11) is 1.52. The predicted molar refractivity (Wildman–Crippen MR) is 79.2 cm³/mol. The molecule has 0 aliphatic rings. The third-order valence-corrected chi connectivity index (χ3v) is 4.23. The molecule has 1 aromatic carbocycles. The smallest absolute Gasteiger partial charge is 0.313 e. The summed E-state index contributed by atoms with van der Waals surface area (Å²) in [5, 5.41) is 19.1. The number of carbonyl (C=O) groups is 2. The Morgan fingerprint density at radius 2 is 2.24 bits per heavy atom. The molecule has 0 atom stereocenters. The normalized spacial score (nSPS) is 10.1. The lowest BCUT2D eigenvalue weighted by molar-refractivity contribution is -0.133. The number of carboxylic acids is 1. The van der Waals surface area contributed by atoms with Crippen molar-refractivity contribution in [2.24, 2.45) is 0 Å². The van der Waals surface area contributed by atoms with Crippen molar-refractivity contribution in [1.82, 2.24) is 10.2 Å². The van der Waals surface area contributed by atoms with E-state index in [1.165, 1.54) is 7.11 Å². The van der Waals surface area contributed by atoms with E-state index in [9.17, 15) is 9.59 Å². The van der Waals surface area contributed by atoms with Crippen molar-refractivity contribution < 1.29 is 19.4 Å². The molecule has 0 radical (unpaired) electrons. The van der Waals surface area contributed by atoms with Gasteiger partial charge < -0.3 is 9.84 Å². The Morgan fingerprint density at radius 1 is 1.43 bits per heavy atom. The molecule has 0 aliphatic heterocycles. The van der Waals surface area contributed by atoms with Crippen LogP contribution in [0.5, 0.6) is 5.75 Å². The van der Waals surface area contributed by atoms with E-state index in [0.29, 0.717) is 20.8 Å². The SMILES string of the molecule is COc1cccc(C(=O)Nc2nnc(SCC(=O)O)s2)c1. The second-order valence-corrected chi connectivity index (χ2v) is 5.94. The zero-order chi connectivity index (χ0) is 15.2. The third kappa shape index (κ3) is 4.43. The van der Waals surface area contributed by atoms with Crippen LogP contribution in [0.15, 0.2) is 28.6 Å². The van der Waals surface area contributed by atoms with Crippen LogP contribution < -0.4 is 10.1 Å². The van der Waals surface area contributed by atoms with Gasteiger partial charge in [-0.05, 0) is 18.2 Å². The Hall–Kier alpha value is -2.13. The quantitative estimate of drug-likeness (QED) is 0.618. The summed E-state index contributed by atoms with van der Waals surface area (Å²) in [6.45, 7) is 0. The lowest BCUT2D eigenvalue weighted by atomic mass is 10.2. The Balaban J connectivity index is 2.00. The number of nitrogens with one attached hydrogen (secondary N) is 1. The van der Waals surface area contributed by atoms with Crippen molar-refractivity contribution >= 4 is 40.1 Å². The van der Waals surface area contributed by atoms with E-state index in [0.717, 1.165) is 23.1 Å². The molecule has 1 heterocycles. The van der Waals surface area contributed by atoms with Crippen molar-refractivity contribution in [3.05, 3.63) is 29.8 Å². The van der Waals surface area contributed by atoms with Gasteiger partial charge >= 0.3 is 5.97 Å². The van der Waals surface area contributed by atoms with Gasteiger partial charge in [-0.1, -0.05) is 29.2 Å². The van der Waals surface area contributed by atoms with Crippen LogP contribution in [0.25, 0.3) is 0 Å². The maximum absolute atomic E-state index is 12.0. The fraction of sp³-hybridized carbons (Fsp3) is 0.167. The minimum absolute atomic E-state index is 0.0987. The number of carboxylic acid groups (broad SMARTS) is 1. The Labute approximate surface area is 128 Å². The van der Waals surface area contributed by atoms with E-state index in [2.05, 4.69) is 15.5 Å². The number of ether oxygens (including phenoxy) is 1. The first-order chi connectivity index (χ1) is 10.1. The molecule has 0 bridgehead atoms. The first-order valence-corrected chi connectivity index (χ1v) is 7.52. The molecule has 110 valence electrons. The number of anilines is 1. The van der Waals surface area contributed by atoms with E-state index < -0.39 is 5.97 Å². The molecule has 1 aromatic heterocycles.